The van der Waals surface area contributed by atoms with Crippen molar-refractivity contribution in [2.45, 2.75) is 6.54 Å². The monoisotopic (exact) mass is 382 g/mol. The number of aromatic nitrogens is 2. The van der Waals surface area contributed by atoms with Crippen LogP contribution in [-0.2, 0) is 11.3 Å². The second-order valence-electron chi connectivity index (χ2n) is 5.45. The molecule has 1 saturated heterocycles. The van der Waals surface area contributed by atoms with Crippen LogP contribution in [0, 0.1) is 11.2 Å². The molecule has 138 valence electrons. The number of amides is 2. The van der Waals surface area contributed by atoms with Crippen LogP contribution in [0.1, 0.15) is 11.4 Å². The lowest BCUT2D eigenvalue weighted by Crippen LogP contribution is -2.46. The number of nitrogens with zero attached hydrogens (tertiary/aromatic N) is 3. The first kappa shape index (κ1) is 18.1. The maximum absolute atomic E-state index is 13.2. The number of urea groups is 1. The molecule has 0 unspecified atom stereocenters. The number of morpholine rings is 1. The summed E-state index contributed by atoms with van der Waals surface area (Å²) in [5, 5.41) is 20.8. The van der Waals surface area contributed by atoms with Gasteiger partial charge in [0.1, 0.15) is 11.5 Å². The standard InChI is InChI=1S/C15H16ClFN6O3/c16-10-7-9(1-2-11(10)17)20-14(18)13-12(21-26-22-13)8-19-15(24)23-3-5-25-6-4-23/h1-2,7H,3-6,8H2,(H2,18,20)(H,19,24). The van der Waals surface area contributed by atoms with Crippen molar-refractivity contribution in [3.63, 3.8) is 0 Å². The van der Waals surface area contributed by atoms with Crippen molar-refractivity contribution in [2.75, 3.05) is 31.6 Å². The van der Waals surface area contributed by atoms with Gasteiger partial charge in [-0.1, -0.05) is 16.8 Å². The van der Waals surface area contributed by atoms with Crippen LogP contribution in [0.3, 0.4) is 0 Å². The van der Waals surface area contributed by atoms with Gasteiger partial charge in [0.2, 0.25) is 0 Å². The van der Waals surface area contributed by atoms with Crippen LogP contribution >= 0.6 is 11.6 Å². The normalized spacial score (nSPS) is 14.2. The Morgan fingerprint density at radius 3 is 2.85 bits per heavy atom. The Hall–Kier alpha value is -2.72. The molecule has 2 amide bonds. The average molecular weight is 383 g/mol. The van der Waals surface area contributed by atoms with Gasteiger partial charge in [-0.05, 0) is 23.4 Å². The first-order valence-corrected chi connectivity index (χ1v) is 8.15. The Labute approximate surface area is 152 Å². The lowest BCUT2D eigenvalue weighted by molar-refractivity contribution is 0.0531. The fraction of sp³-hybridized carbons (Fsp3) is 0.333. The Morgan fingerprint density at radius 2 is 2.12 bits per heavy atom. The lowest BCUT2D eigenvalue weighted by Gasteiger charge is -2.26. The third-order valence-electron chi connectivity index (χ3n) is 3.69. The highest BCUT2D eigenvalue weighted by molar-refractivity contribution is 6.31. The molecule has 1 aromatic heterocycles. The zero-order chi connectivity index (χ0) is 18.5. The van der Waals surface area contributed by atoms with Crippen molar-refractivity contribution in [2.24, 2.45) is 0 Å². The van der Waals surface area contributed by atoms with Gasteiger partial charge in [-0.15, -0.1) is 0 Å². The minimum absolute atomic E-state index is 0.0449. The van der Waals surface area contributed by atoms with E-state index in [-0.39, 0.29) is 34.8 Å². The quantitative estimate of drug-likeness (QED) is 0.548. The molecular weight excluding hydrogens is 367 g/mol. The van der Waals surface area contributed by atoms with Crippen LogP contribution in [0.2, 0.25) is 5.02 Å². The Balaban J connectivity index is 1.61. The number of halogens is 2. The smallest absolute Gasteiger partial charge is 0.317 e. The van der Waals surface area contributed by atoms with Crippen LogP contribution in [0.5, 0.6) is 0 Å². The van der Waals surface area contributed by atoms with Gasteiger partial charge in [0.05, 0.1) is 24.8 Å². The predicted octanol–water partition coefficient (Wildman–Crippen LogP) is 1.84. The van der Waals surface area contributed by atoms with Gasteiger partial charge >= 0.3 is 6.03 Å². The van der Waals surface area contributed by atoms with Gasteiger partial charge in [-0.2, -0.15) is 0 Å². The molecule has 0 atom stereocenters. The molecule has 1 fully saturated rings. The van der Waals surface area contributed by atoms with E-state index in [1.807, 2.05) is 0 Å². The second-order valence-corrected chi connectivity index (χ2v) is 5.85. The van der Waals surface area contributed by atoms with Crippen LogP contribution < -0.4 is 10.6 Å². The Morgan fingerprint density at radius 1 is 1.35 bits per heavy atom. The number of carbonyl (C=O) groups is 1. The molecule has 26 heavy (non-hydrogen) atoms. The minimum atomic E-state index is -0.557. The number of anilines is 1. The average Bonchev–Trinajstić information content (AvgIpc) is 3.12. The Kier molecular flexibility index (Phi) is 5.64. The first-order chi connectivity index (χ1) is 12.5. The molecule has 3 N–H and O–H groups in total. The molecule has 9 nitrogen and oxygen atoms in total. The summed E-state index contributed by atoms with van der Waals surface area (Å²) in [5.41, 5.74) is 0.831. The fourth-order valence-corrected chi connectivity index (χ4v) is 2.51. The molecule has 0 aliphatic carbocycles. The van der Waals surface area contributed by atoms with E-state index < -0.39 is 5.82 Å². The van der Waals surface area contributed by atoms with Crippen LogP contribution in [0.4, 0.5) is 14.9 Å². The number of ether oxygens (including phenoxy) is 1. The molecule has 1 aliphatic rings. The number of benzene rings is 1. The van der Waals surface area contributed by atoms with Crippen molar-refractivity contribution in [1.29, 1.82) is 5.41 Å². The highest BCUT2D eigenvalue weighted by Gasteiger charge is 2.20. The minimum Gasteiger partial charge on any atom is -0.378 e. The number of hydrogen-bond acceptors (Lipinski definition) is 6. The van der Waals surface area contributed by atoms with E-state index in [4.69, 9.17) is 21.7 Å². The summed E-state index contributed by atoms with van der Waals surface area (Å²) in [4.78, 5) is 13.7. The summed E-state index contributed by atoms with van der Waals surface area (Å²) in [6.07, 6.45) is 0. The first-order valence-electron chi connectivity index (χ1n) is 7.77. The van der Waals surface area contributed by atoms with Gasteiger partial charge in [-0.25, -0.2) is 13.8 Å². The molecule has 0 radical (unpaired) electrons. The van der Waals surface area contributed by atoms with Crippen LogP contribution in [0.25, 0.3) is 0 Å². The van der Waals surface area contributed by atoms with E-state index >= 15 is 0 Å². The zero-order valence-corrected chi connectivity index (χ0v) is 14.3. The van der Waals surface area contributed by atoms with Crippen molar-refractivity contribution < 1.29 is 18.6 Å². The summed E-state index contributed by atoms with van der Waals surface area (Å²) in [6, 6.07) is 3.71. The van der Waals surface area contributed by atoms with E-state index in [1.165, 1.54) is 18.2 Å². The maximum Gasteiger partial charge on any atom is 0.317 e. The highest BCUT2D eigenvalue weighted by Crippen LogP contribution is 2.20. The summed E-state index contributed by atoms with van der Waals surface area (Å²) >= 11 is 5.72. The van der Waals surface area contributed by atoms with Crippen molar-refractivity contribution in [1.82, 2.24) is 20.5 Å². The van der Waals surface area contributed by atoms with Crippen LogP contribution in [0.15, 0.2) is 22.8 Å². The topological polar surface area (TPSA) is 116 Å². The predicted molar refractivity (Wildman–Crippen MR) is 90.8 cm³/mol. The summed E-state index contributed by atoms with van der Waals surface area (Å²) in [5.74, 6) is -0.678. The SMILES string of the molecule is N=C(Nc1ccc(F)c(Cl)c1)c1nonc1CNC(=O)N1CCOCC1. The van der Waals surface area contributed by atoms with Gasteiger partial charge in [-0.3, -0.25) is 5.41 Å². The maximum atomic E-state index is 13.2. The summed E-state index contributed by atoms with van der Waals surface area (Å²) in [6.45, 7) is 2.07. The molecule has 2 heterocycles. The van der Waals surface area contributed by atoms with Gasteiger partial charge < -0.3 is 20.3 Å². The molecule has 2 aromatic rings. The highest BCUT2D eigenvalue weighted by atomic mass is 35.5. The lowest BCUT2D eigenvalue weighted by atomic mass is 10.2. The van der Waals surface area contributed by atoms with Gasteiger partial charge in [0.25, 0.3) is 0 Å². The number of amidine groups is 1. The number of carbonyl (C=O) groups excluding carboxylic acids is 1. The zero-order valence-electron chi connectivity index (χ0n) is 13.6. The largest absolute Gasteiger partial charge is 0.378 e. The van der Waals surface area contributed by atoms with Crippen molar-refractivity contribution in [3.8, 4) is 0 Å². The van der Waals surface area contributed by atoms with E-state index in [0.29, 0.717) is 32.0 Å². The second kappa shape index (κ2) is 8.11. The molecule has 0 spiro atoms. The molecule has 1 aromatic carbocycles. The van der Waals surface area contributed by atoms with Crippen molar-refractivity contribution >= 4 is 29.2 Å². The van der Waals surface area contributed by atoms with Gasteiger partial charge in [0.15, 0.2) is 11.5 Å². The van der Waals surface area contributed by atoms with E-state index in [2.05, 4.69) is 25.6 Å². The van der Waals surface area contributed by atoms with E-state index in [9.17, 15) is 9.18 Å². The summed E-state index contributed by atoms with van der Waals surface area (Å²) < 4.78 is 23.1. The molecular formula is C15H16ClFN6O3. The van der Waals surface area contributed by atoms with Gasteiger partial charge in [0, 0.05) is 18.8 Å². The molecule has 1 aliphatic heterocycles. The Bertz CT molecular complexity index is 808. The third-order valence-corrected chi connectivity index (χ3v) is 3.98. The van der Waals surface area contributed by atoms with E-state index in [1.54, 1.807) is 4.90 Å². The third kappa shape index (κ3) is 4.27. The van der Waals surface area contributed by atoms with E-state index in [0.717, 1.165) is 0 Å². The molecule has 3 rings (SSSR count). The number of nitrogens with one attached hydrogen (secondary N) is 3. The van der Waals surface area contributed by atoms with Crippen LogP contribution in [-0.4, -0.2) is 53.4 Å². The fourth-order valence-electron chi connectivity index (χ4n) is 2.33. The number of hydrogen-bond donors (Lipinski definition) is 3. The summed E-state index contributed by atoms with van der Waals surface area (Å²) in [7, 11) is 0. The molecule has 0 bridgehead atoms. The van der Waals surface area contributed by atoms with Crippen molar-refractivity contribution in [3.05, 3.63) is 40.4 Å². The molecule has 11 heteroatoms. The molecule has 0 saturated carbocycles. The number of rotatable bonds is 4.